The predicted molar refractivity (Wildman–Crippen MR) is 132 cm³/mol. The van der Waals surface area contributed by atoms with Crippen molar-refractivity contribution in [3.63, 3.8) is 0 Å². The van der Waals surface area contributed by atoms with Gasteiger partial charge in [0.25, 0.3) is 5.91 Å². The molecule has 2 aromatic carbocycles. The van der Waals surface area contributed by atoms with Crippen LogP contribution in [0.3, 0.4) is 0 Å². The molecular formula is C27H26F2N4O2. The van der Waals surface area contributed by atoms with Crippen molar-refractivity contribution >= 4 is 28.6 Å². The number of aromatic nitrogens is 1. The predicted octanol–water partition coefficient (Wildman–Crippen LogP) is 5.43. The Labute approximate surface area is 201 Å². The molecule has 0 radical (unpaired) electrons. The lowest BCUT2D eigenvalue weighted by Crippen LogP contribution is -2.29. The molecule has 1 aliphatic carbocycles. The summed E-state index contributed by atoms with van der Waals surface area (Å²) in [6, 6.07) is 12.6. The van der Waals surface area contributed by atoms with Crippen LogP contribution in [0.4, 0.5) is 20.2 Å². The van der Waals surface area contributed by atoms with E-state index >= 15 is 0 Å². The molecule has 5 N–H and O–H groups in total. The molecule has 1 aromatic heterocycles. The highest BCUT2D eigenvalue weighted by atomic mass is 19.1. The van der Waals surface area contributed by atoms with E-state index in [0.29, 0.717) is 28.9 Å². The van der Waals surface area contributed by atoms with Gasteiger partial charge in [0.15, 0.2) is 5.78 Å². The van der Waals surface area contributed by atoms with Gasteiger partial charge >= 0.3 is 0 Å². The fraction of sp³-hybridized carbons (Fsp3) is 0.185. The number of hydrogen-bond acceptors (Lipinski definition) is 4. The van der Waals surface area contributed by atoms with Gasteiger partial charge in [0.05, 0.1) is 16.9 Å². The number of benzene rings is 2. The minimum atomic E-state index is -0.998. The first-order valence-electron chi connectivity index (χ1n) is 11.3. The second kappa shape index (κ2) is 9.97. The summed E-state index contributed by atoms with van der Waals surface area (Å²) in [4.78, 5) is 28.9. The van der Waals surface area contributed by atoms with Gasteiger partial charge in [0.1, 0.15) is 23.0 Å². The summed E-state index contributed by atoms with van der Waals surface area (Å²) in [5.41, 5.74) is 9.39. The highest BCUT2D eigenvalue weighted by molar-refractivity contribution is 6.08. The first-order chi connectivity index (χ1) is 16.8. The van der Waals surface area contributed by atoms with Crippen molar-refractivity contribution in [1.82, 2.24) is 10.3 Å². The molecule has 1 unspecified atom stereocenters. The maximum absolute atomic E-state index is 14.0. The van der Waals surface area contributed by atoms with Gasteiger partial charge in [0, 0.05) is 17.3 Å². The van der Waals surface area contributed by atoms with E-state index in [1.165, 1.54) is 12.1 Å². The highest BCUT2D eigenvalue weighted by Crippen LogP contribution is 2.38. The minimum Gasteiger partial charge on any atom is -0.385 e. The Morgan fingerprint density at radius 2 is 1.80 bits per heavy atom. The lowest BCUT2D eigenvalue weighted by atomic mass is 9.86. The number of ketones is 1. The van der Waals surface area contributed by atoms with Gasteiger partial charge in [-0.05, 0) is 55.7 Å². The first-order valence-corrected chi connectivity index (χ1v) is 11.3. The van der Waals surface area contributed by atoms with Crippen molar-refractivity contribution in [3.05, 3.63) is 101 Å². The minimum absolute atomic E-state index is 0.0444. The van der Waals surface area contributed by atoms with Crippen LogP contribution in [0.5, 0.6) is 0 Å². The number of anilines is 2. The summed E-state index contributed by atoms with van der Waals surface area (Å²) in [7, 11) is 0. The number of H-pyrrole nitrogens is 1. The number of nitrogens with one attached hydrogen (secondary N) is 3. The van der Waals surface area contributed by atoms with Crippen LogP contribution in [-0.2, 0) is 6.42 Å². The number of Topliss-reactive ketones (excluding diaryl/α,β-unsaturated/α-hetero) is 1. The number of para-hydroxylation sites is 1. The molecule has 3 aromatic rings. The number of carbonyl (C=O) groups excluding carboxylic acids is 2. The van der Waals surface area contributed by atoms with Gasteiger partial charge in [-0.2, -0.15) is 0 Å². The van der Waals surface area contributed by atoms with Crippen LogP contribution in [0.15, 0.2) is 66.5 Å². The fourth-order valence-corrected chi connectivity index (χ4v) is 4.17. The molecule has 4 rings (SSSR count). The van der Waals surface area contributed by atoms with Crippen LogP contribution in [0.25, 0.3) is 5.57 Å². The Morgan fingerprint density at radius 3 is 2.46 bits per heavy atom. The second-order valence-electron chi connectivity index (χ2n) is 8.42. The van der Waals surface area contributed by atoms with E-state index in [-0.39, 0.29) is 17.5 Å². The topological polar surface area (TPSA) is 100 Å². The van der Waals surface area contributed by atoms with E-state index in [1.54, 1.807) is 13.0 Å². The molecule has 0 saturated heterocycles. The Morgan fingerprint density at radius 1 is 1.11 bits per heavy atom. The van der Waals surface area contributed by atoms with E-state index in [0.717, 1.165) is 29.9 Å². The van der Waals surface area contributed by atoms with Gasteiger partial charge < -0.3 is 21.4 Å². The number of amides is 1. The van der Waals surface area contributed by atoms with E-state index in [9.17, 15) is 18.4 Å². The SMILES string of the molecule is C/C=C(\C=C(/N)NC(=O)c1c(F)cccc1F)c1[nH]c2c(c1Nc1ccccc1)C(=O)C(C)CC2. The van der Waals surface area contributed by atoms with E-state index < -0.39 is 23.1 Å². The molecule has 0 aliphatic heterocycles. The van der Waals surface area contributed by atoms with Crippen LogP contribution in [0.1, 0.15) is 52.4 Å². The van der Waals surface area contributed by atoms with Gasteiger partial charge in [-0.25, -0.2) is 8.78 Å². The summed E-state index contributed by atoms with van der Waals surface area (Å²) in [6.45, 7) is 3.70. The Hall–Kier alpha value is -4.20. The first kappa shape index (κ1) is 23.9. The second-order valence-corrected chi connectivity index (χ2v) is 8.42. The Bertz CT molecular complexity index is 1320. The molecule has 180 valence electrons. The number of rotatable bonds is 6. The Kier molecular flexibility index (Phi) is 6.82. The third-order valence-corrected chi connectivity index (χ3v) is 6.00. The van der Waals surface area contributed by atoms with Crippen molar-refractivity contribution in [2.24, 2.45) is 11.7 Å². The van der Waals surface area contributed by atoms with Crippen LogP contribution in [0, 0.1) is 17.6 Å². The van der Waals surface area contributed by atoms with E-state index in [1.807, 2.05) is 37.3 Å². The van der Waals surface area contributed by atoms with Crippen LogP contribution in [-0.4, -0.2) is 16.7 Å². The molecule has 0 saturated carbocycles. The maximum atomic E-state index is 14.0. The number of allylic oxidation sites excluding steroid dienone is 3. The number of aromatic amines is 1. The summed E-state index contributed by atoms with van der Waals surface area (Å²) >= 11 is 0. The molecule has 1 aliphatic rings. The molecule has 6 nitrogen and oxygen atoms in total. The number of nitrogens with two attached hydrogens (primary N) is 1. The van der Waals surface area contributed by atoms with Crippen molar-refractivity contribution in [2.75, 3.05) is 5.32 Å². The van der Waals surface area contributed by atoms with Crippen molar-refractivity contribution in [1.29, 1.82) is 0 Å². The van der Waals surface area contributed by atoms with Crippen molar-refractivity contribution in [2.45, 2.75) is 26.7 Å². The molecule has 0 fully saturated rings. The van der Waals surface area contributed by atoms with Crippen LogP contribution >= 0.6 is 0 Å². The third kappa shape index (κ3) is 4.87. The summed E-state index contributed by atoms with van der Waals surface area (Å²) in [6.07, 6.45) is 4.71. The Balaban J connectivity index is 1.71. The number of aryl methyl sites for hydroxylation is 1. The molecule has 0 spiro atoms. The van der Waals surface area contributed by atoms with Crippen molar-refractivity contribution < 1.29 is 18.4 Å². The molecule has 1 heterocycles. The maximum Gasteiger partial charge on any atom is 0.262 e. The number of fused-ring (bicyclic) bond motifs is 1. The zero-order valence-corrected chi connectivity index (χ0v) is 19.4. The van der Waals surface area contributed by atoms with Crippen LogP contribution in [0.2, 0.25) is 0 Å². The zero-order chi connectivity index (χ0) is 25.1. The zero-order valence-electron chi connectivity index (χ0n) is 19.4. The smallest absolute Gasteiger partial charge is 0.262 e. The average Bonchev–Trinajstić information content (AvgIpc) is 3.19. The summed E-state index contributed by atoms with van der Waals surface area (Å²) < 4.78 is 28.0. The number of halogens is 2. The average molecular weight is 477 g/mol. The monoisotopic (exact) mass is 476 g/mol. The molecular weight excluding hydrogens is 450 g/mol. The quantitative estimate of drug-likeness (QED) is 0.356. The molecule has 8 heteroatoms. The fourth-order valence-electron chi connectivity index (χ4n) is 4.17. The normalized spacial score (nSPS) is 16.1. The van der Waals surface area contributed by atoms with Gasteiger partial charge in [0.2, 0.25) is 0 Å². The van der Waals surface area contributed by atoms with Gasteiger partial charge in [-0.1, -0.05) is 37.3 Å². The van der Waals surface area contributed by atoms with E-state index in [2.05, 4.69) is 15.6 Å². The van der Waals surface area contributed by atoms with Gasteiger partial charge in [-0.15, -0.1) is 0 Å². The van der Waals surface area contributed by atoms with Crippen LogP contribution < -0.4 is 16.4 Å². The summed E-state index contributed by atoms with van der Waals surface area (Å²) in [5, 5.41) is 5.69. The largest absolute Gasteiger partial charge is 0.385 e. The van der Waals surface area contributed by atoms with Crippen molar-refractivity contribution in [3.8, 4) is 0 Å². The number of carbonyl (C=O) groups is 2. The standard InChI is InChI=1S/C27H26F2N4O2/c1-3-16(14-21(30)33-27(35)22-18(28)10-7-11-19(22)29)24-25(31-17-8-5-4-6-9-17)23-20(32-24)13-12-15(2)26(23)34/h3-11,14-15,31-32H,12-13,30H2,1-2H3,(H,33,35)/b16-3+,21-14+. The highest BCUT2D eigenvalue weighted by Gasteiger charge is 2.31. The van der Waals surface area contributed by atoms with E-state index in [4.69, 9.17) is 5.73 Å². The van der Waals surface area contributed by atoms with Gasteiger partial charge in [-0.3, -0.25) is 9.59 Å². The number of hydrogen-bond donors (Lipinski definition) is 4. The lowest BCUT2D eigenvalue weighted by molar-refractivity contribution is 0.0913. The summed E-state index contributed by atoms with van der Waals surface area (Å²) in [5.74, 6) is -3.14. The molecule has 35 heavy (non-hydrogen) atoms. The lowest BCUT2D eigenvalue weighted by Gasteiger charge is -2.18. The molecule has 1 amide bonds. The molecule has 1 atom stereocenters. The molecule has 0 bridgehead atoms. The third-order valence-electron chi connectivity index (χ3n) is 6.00.